The monoisotopic (exact) mass is 238 g/mol. The van der Waals surface area contributed by atoms with Gasteiger partial charge < -0.3 is 20.3 Å². The van der Waals surface area contributed by atoms with Gasteiger partial charge in [0.2, 0.25) is 5.91 Å². The molecule has 1 aliphatic rings. The van der Waals surface area contributed by atoms with Crippen LogP contribution in [0.25, 0.3) is 0 Å². The van der Waals surface area contributed by atoms with Gasteiger partial charge in [0.25, 0.3) is 0 Å². The number of carbonyl (C=O) groups excluding carboxylic acids is 1. The molecule has 0 aromatic carbocycles. The Morgan fingerprint density at radius 1 is 1.53 bits per heavy atom. The summed E-state index contributed by atoms with van der Waals surface area (Å²) in [5.74, 6) is 0.225. The molecule has 0 aliphatic carbocycles. The average Bonchev–Trinajstić information content (AvgIpc) is 2.96. The number of aliphatic hydroxyl groups excluding tert-OH is 1. The van der Waals surface area contributed by atoms with Crippen molar-refractivity contribution in [2.24, 2.45) is 12.8 Å². The summed E-state index contributed by atoms with van der Waals surface area (Å²) >= 11 is 0. The highest BCUT2D eigenvalue weighted by molar-refractivity contribution is 5.82. The van der Waals surface area contributed by atoms with E-state index < -0.39 is 12.1 Å². The minimum Gasteiger partial charge on any atom is -0.383 e. The van der Waals surface area contributed by atoms with Crippen molar-refractivity contribution in [1.82, 2.24) is 14.5 Å². The van der Waals surface area contributed by atoms with Gasteiger partial charge in [-0.05, 0) is 12.8 Å². The number of carbonyl (C=O) groups is 1. The number of amides is 1. The lowest BCUT2D eigenvalue weighted by Gasteiger charge is -2.23. The summed E-state index contributed by atoms with van der Waals surface area (Å²) in [5, 5.41) is 10.0. The zero-order valence-electron chi connectivity index (χ0n) is 9.91. The maximum atomic E-state index is 12.0. The van der Waals surface area contributed by atoms with Gasteiger partial charge in [-0.2, -0.15) is 0 Å². The van der Waals surface area contributed by atoms with E-state index in [1.165, 1.54) is 0 Å². The van der Waals surface area contributed by atoms with Crippen LogP contribution in [0.4, 0.5) is 0 Å². The van der Waals surface area contributed by atoms with Crippen molar-refractivity contribution in [1.29, 1.82) is 0 Å². The largest absolute Gasteiger partial charge is 0.383 e. The van der Waals surface area contributed by atoms with Crippen LogP contribution in [0.1, 0.15) is 24.8 Å². The second-order valence-electron chi connectivity index (χ2n) is 4.40. The van der Waals surface area contributed by atoms with Crippen LogP contribution < -0.4 is 5.73 Å². The Hall–Kier alpha value is -1.40. The molecule has 1 saturated heterocycles. The summed E-state index contributed by atoms with van der Waals surface area (Å²) in [6.45, 7) is 1.47. The molecule has 0 spiro atoms. The summed E-state index contributed by atoms with van der Waals surface area (Å²) in [5.41, 5.74) is 5.81. The van der Waals surface area contributed by atoms with Crippen LogP contribution in [-0.4, -0.2) is 44.6 Å². The second kappa shape index (κ2) is 4.85. The number of rotatable bonds is 3. The van der Waals surface area contributed by atoms with Crippen LogP contribution >= 0.6 is 0 Å². The topological polar surface area (TPSA) is 84.4 Å². The van der Waals surface area contributed by atoms with Gasteiger partial charge in [0, 0.05) is 32.5 Å². The van der Waals surface area contributed by atoms with Crippen LogP contribution in [0.2, 0.25) is 0 Å². The van der Waals surface area contributed by atoms with E-state index in [2.05, 4.69) is 4.98 Å². The molecular weight excluding hydrogens is 220 g/mol. The molecule has 6 nitrogen and oxygen atoms in total. The Morgan fingerprint density at radius 2 is 2.18 bits per heavy atom. The first-order valence-electron chi connectivity index (χ1n) is 5.81. The maximum absolute atomic E-state index is 12.0. The van der Waals surface area contributed by atoms with Crippen LogP contribution in [0.3, 0.4) is 0 Å². The molecule has 0 radical (unpaired) electrons. The first-order chi connectivity index (χ1) is 8.11. The van der Waals surface area contributed by atoms with Crippen molar-refractivity contribution in [3.05, 3.63) is 18.2 Å². The highest BCUT2D eigenvalue weighted by atomic mass is 16.3. The Labute approximate surface area is 100 Å². The zero-order chi connectivity index (χ0) is 12.4. The molecule has 2 atom stereocenters. The molecular formula is C11H18N4O2. The lowest BCUT2D eigenvalue weighted by atomic mass is 10.1. The van der Waals surface area contributed by atoms with E-state index in [0.717, 1.165) is 25.9 Å². The predicted molar refractivity (Wildman–Crippen MR) is 62.0 cm³/mol. The molecule has 1 amide bonds. The summed E-state index contributed by atoms with van der Waals surface area (Å²) in [7, 11) is 1.76. The molecule has 1 fully saturated rings. The number of likely N-dealkylation sites (tertiary alicyclic amines) is 1. The van der Waals surface area contributed by atoms with Crippen molar-refractivity contribution < 1.29 is 9.90 Å². The van der Waals surface area contributed by atoms with E-state index in [9.17, 15) is 9.90 Å². The maximum Gasteiger partial charge on any atom is 0.242 e. The van der Waals surface area contributed by atoms with E-state index in [4.69, 9.17) is 5.73 Å². The van der Waals surface area contributed by atoms with Gasteiger partial charge in [-0.15, -0.1) is 0 Å². The Balaban J connectivity index is 2.06. The third kappa shape index (κ3) is 2.32. The van der Waals surface area contributed by atoms with Crippen molar-refractivity contribution in [2.75, 3.05) is 13.1 Å². The highest BCUT2D eigenvalue weighted by Crippen LogP contribution is 2.17. The Bertz CT molecular complexity index is 398. The smallest absolute Gasteiger partial charge is 0.242 e. The van der Waals surface area contributed by atoms with E-state index in [1.54, 1.807) is 28.9 Å². The van der Waals surface area contributed by atoms with Crippen molar-refractivity contribution in [2.45, 2.75) is 25.0 Å². The van der Waals surface area contributed by atoms with Gasteiger partial charge >= 0.3 is 0 Å². The third-order valence-corrected chi connectivity index (χ3v) is 3.17. The number of nitrogens with zero attached hydrogens (tertiary/aromatic N) is 3. The minimum absolute atomic E-state index is 0.196. The fourth-order valence-corrected chi connectivity index (χ4v) is 2.11. The number of aryl methyl sites for hydroxylation is 1. The second-order valence-corrected chi connectivity index (χ2v) is 4.40. The van der Waals surface area contributed by atoms with Crippen molar-refractivity contribution >= 4 is 5.91 Å². The molecule has 17 heavy (non-hydrogen) atoms. The normalized spacial score (nSPS) is 19.4. The van der Waals surface area contributed by atoms with E-state index in [1.807, 2.05) is 0 Å². The molecule has 6 heteroatoms. The molecule has 1 aromatic heterocycles. The summed E-state index contributed by atoms with van der Waals surface area (Å²) in [6.07, 6.45) is 4.26. The fraction of sp³-hybridized carbons (Fsp3) is 0.636. The van der Waals surface area contributed by atoms with Gasteiger partial charge in [0.15, 0.2) is 0 Å². The van der Waals surface area contributed by atoms with E-state index in [-0.39, 0.29) is 5.91 Å². The van der Waals surface area contributed by atoms with Gasteiger partial charge in [0.1, 0.15) is 18.0 Å². The fourth-order valence-electron chi connectivity index (χ4n) is 2.11. The molecule has 1 aromatic rings. The SMILES string of the molecule is Cn1ccnc1C(O)C(N)C(=O)N1CCCC1. The van der Waals surface area contributed by atoms with E-state index in [0.29, 0.717) is 5.82 Å². The first kappa shape index (κ1) is 12.1. The van der Waals surface area contributed by atoms with Gasteiger partial charge in [0.05, 0.1) is 0 Å². The number of imidazole rings is 1. The molecule has 2 unspecified atom stereocenters. The molecule has 3 N–H and O–H groups in total. The summed E-state index contributed by atoms with van der Waals surface area (Å²) in [6, 6.07) is -0.936. The summed E-state index contributed by atoms with van der Waals surface area (Å²) < 4.78 is 1.67. The van der Waals surface area contributed by atoms with Gasteiger partial charge in [-0.1, -0.05) is 0 Å². The van der Waals surface area contributed by atoms with Gasteiger partial charge in [-0.25, -0.2) is 4.98 Å². The van der Waals surface area contributed by atoms with Crippen LogP contribution in [0, 0.1) is 0 Å². The number of hydrogen-bond donors (Lipinski definition) is 2. The van der Waals surface area contributed by atoms with E-state index >= 15 is 0 Å². The number of aromatic nitrogens is 2. The lowest BCUT2D eigenvalue weighted by Crippen LogP contribution is -2.46. The third-order valence-electron chi connectivity index (χ3n) is 3.17. The molecule has 0 saturated carbocycles. The Morgan fingerprint density at radius 3 is 2.71 bits per heavy atom. The molecule has 1 aliphatic heterocycles. The standard InChI is InChI=1S/C11H18N4O2/c1-14-7-4-13-10(14)9(16)8(12)11(17)15-5-2-3-6-15/h4,7-9,16H,2-3,5-6,12H2,1H3. The van der Waals surface area contributed by atoms with Gasteiger partial charge in [-0.3, -0.25) is 4.79 Å². The molecule has 94 valence electrons. The minimum atomic E-state index is -1.05. The predicted octanol–water partition coefficient (Wildman–Crippen LogP) is -0.597. The number of nitrogens with two attached hydrogens (primary N) is 1. The number of aliphatic hydroxyl groups is 1. The first-order valence-corrected chi connectivity index (χ1v) is 5.81. The number of hydrogen-bond acceptors (Lipinski definition) is 4. The average molecular weight is 238 g/mol. The highest BCUT2D eigenvalue weighted by Gasteiger charge is 2.31. The van der Waals surface area contributed by atoms with Crippen LogP contribution in [0.5, 0.6) is 0 Å². The Kier molecular flexibility index (Phi) is 3.44. The molecule has 2 rings (SSSR count). The zero-order valence-corrected chi connectivity index (χ0v) is 9.91. The van der Waals surface area contributed by atoms with Crippen LogP contribution in [0.15, 0.2) is 12.4 Å². The van der Waals surface area contributed by atoms with Crippen molar-refractivity contribution in [3.63, 3.8) is 0 Å². The quantitative estimate of drug-likeness (QED) is 0.736. The van der Waals surface area contributed by atoms with Crippen LogP contribution in [-0.2, 0) is 11.8 Å². The van der Waals surface area contributed by atoms with Crippen molar-refractivity contribution in [3.8, 4) is 0 Å². The lowest BCUT2D eigenvalue weighted by molar-refractivity contribution is -0.134. The molecule has 2 heterocycles. The summed E-state index contributed by atoms with van der Waals surface area (Å²) in [4.78, 5) is 17.7. The molecule has 0 bridgehead atoms.